The van der Waals surface area contributed by atoms with Crippen LogP contribution in [0.2, 0.25) is 0 Å². The number of hydrogen-bond acceptors (Lipinski definition) is 2. The number of carboxylic acid groups (broad SMARTS) is 1. The maximum atomic E-state index is 15.1. The molecule has 1 heterocycles. The third kappa shape index (κ3) is 8.76. The molecular weight excluding hydrogens is 477 g/mol. The van der Waals surface area contributed by atoms with E-state index in [-0.39, 0.29) is 22.9 Å². The molecule has 0 bridgehead atoms. The van der Waals surface area contributed by atoms with Gasteiger partial charge in [0.15, 0.2) is 0 Å². The highest BCUT2D eigenvalue weighted by Crippen LogP contribution is 2.48. The average molecular weight is 516 g/mol. The van der Waals surface area contributed by atoms with Crippen molar-refractivity contribution in [3.8, 4) is 11.8 Å². The number of piperidine rings is 1. The molecule has 1 N–H and O–H groups in total. The van der Waals surface area contributed by atoms with Gasteiger partial charge in [0.25, 0.3) is 5.92 Å². The molecule has 1 aromatic carbocycles. The standard InChI is InChI=1S/C28H38F5NO2/c1-25(2,3)14-7-8-21(13-15-26(4,5)6)34-17-16-27(29,30)22(18-23(35)36)24(34)19-9-11-20(12-10-19)28(31,32)33/h9-12,21-22,24H,7-8,14,16-18H2,1-6H3,(H,35,36)/t21-,22+,24+/m0/s1. The van der Waals surface area contributed by atoms with Gasteiger partial charge in [-0.1, -0.05) is 51.2 Å². The van der Waals surface area contributed by atoms with Crippen LogP contribution in [0.25, 0.3) is 0 Å². The highest BCUT2D eigenvalue weighted by atomic mass is 19.4. The summed E-state index contributed by atoms with van der Waals surface area (Å²) in [5, 5.41) is 9.45. The molecule has 3 nitrogen and oxygen atoms in total. The van der Waals surface area contributed by atoms with Gasteiger partial charge in [-0.05, 0) is 56.7 Å². The summed E-state index contributed by atoms with van der Waals surface area (Å²) >= 11 is 0. The normalized spacial score (nSPS) is 22.0. The van der Waals surface area contributed by atoms with Crippen molar-refractivity contribution in [1.29, 1.82) is 0 Å². The molecule has 2 rings (SSSR count). The van der Waals surface area contributed by atoms with Crippen LogP contribution in [-0.2, 0) is 11.0 Å². The zero-order chi connectivity index (χ0) is 27.5. The number of carbonyl (C=O) groups is 1. The van der Waals surface area contributed by atoms with Crippen molar-refractivity contribution in [2.45, 2.75) is 97.8 Å². The van der Waals surface area contributed by atoms with E-state index >= 15 is 8.78 Å². The summed E-state index contributed by atoms with van der Waals surface area (Å²) in [5.41, 5.74) is -0.918. The van der Waals surface area contributed by atoms with Gasteiger partial charge in [0.05, 0.1) is 23.9 Å². The molecule has 1 saturated heterocycles. The molecule has 1 aromatic rings. The number of alkyl halides is 5. The van der Waals surface area contributed by atoms with Crippen LogP contribution in [0.15, 0.2) is 24.3 Å². The van der Waals surface area contributed by atoms with Crippen LogP contribution in [0.1, 0.15) is 90.8 Å². The van der Waals surface area contributed by atoms with Gasteiger partial charge in [0.1, 0.15) is 0 Å². The minimum atomic E-state index is -4.57. The molecule has 1 aliphatic heterocycles. The van der Waals surface area contributed by atoms with Crippen LogP contribution in [0.3, 0.4) is 0 Å². The van der Waals surface area contributed by atoms with E-state index in [1.165, 1.54) is 12.1 Å². The van der Waals surface area contributed by atoms with Crippen molar-refractivity contribution in [3.63, 3.8) is 0 Å². The maximum Gasteiger partial charge on any atom is 0.416 e. The Balaban J connectivity index is 2.58. The van der Waals surface area contributed by atoms with Gasteiger partial charge in [0, 0.05) is 24.4 Å². The van der Waals surface area contributed by atoms with Crippen LogP contribution in [0.4, 0.5) is 22.0 Å². The number of carboxylic acids is 1. The Morgan fingerprint density at radius 1 is 1.11 bits per heavy atom. The molecular formula is C28H38F5NO2. The molecule has 0 aromatic heterocycles. The van der Waals surface area contributed by atoms with Crippen molar-refractivity contribution in [1.82, 2.24) is 4.90 Å². The topological polar surface area (TPSA) is 40.5 Å². The van der Waals surface area contributed by atoms with Gasteiger partial charge in [-0.25, -0.2) is 8.78 Å². The van der Waals surface area contributed by atoms with Crippen LogP contribution < -0.4 is 0 Å². The summed E-state index contributed by atoms with van der Waals surface area (Å²) in [5.74, 6) is 0.207. The first kappa shape index (κ1) is 30.1. The molecule has 0 saturated carbocycles. The summed E-state index contributed by atoms with van der Waals surface area (Å²) in [6.45, 7) is 12.1. The highest BCUT2D eigenvalue weighted by molar-refractivity contribution is 5.67. The van der Waals surface area contributed by atoms with E-state index in [2.05, 4.69) is 32.6 Å². The smallest absolute Gasteiger partial charge is 0.416 e. The quantitative estimate of drug-likeness (QED) is 0.297. The summed E-state index contributed by atoms with van der Waals surface area (Å²) in [4.78, 5) is 13.4. The van der Waals surface area contributed by atoms with Crippen LogP contribution >= 0.6 is 0 Å². The Bertz CT molecular complexity index is 946. The van der Waals surface area contributed by atoms with Gasteiger partial charge in [-0.15, -0.1) is 0 Å². The van der Waals surface area contributed by atoms with E-state index in [9.17, 15) is 23.1 Å². The van der Waals surface area contributed by atoms with E-state index in [1.54, 1.807) is 4.90 Å². The average Bonchev–Trinajstić information content (AvgIpc) is 2.70. The molecule has 0 radical (unpaired) electrons. The van der Waals surface area contributed by atoms with Gasteiger partial charge in [-0.2, -0.15) is 13.2 Å². The Labute approximate surface area is 211 Å². The van der Waals surface area contributed by atoms with E-state index < -0.39 is 54.5 Å². The van der Waals surface area contributed by atoms with E-state index in [4.69, 9.17) is 0 Å². The first-order valence-electron chi connectivity index (χ1n) is 12.4. The summed E-state index contributed by atoms with van der Waals surface area (Å²) in [6.07, 6.45) is -3.64. The molecule has 36 heavy (non-hydrogen) atoms. The highest BCUT2D eigenvalue weighted by Gasteiger charge is 2.52. The van der Waals surface area contributed by atoms with Crippen LogP contribution in [-0.4, -0.2) is 34.5 Å². The number of hydrogen-bond donors (Lipinski definition) is 1. The lowest BCUT2D eigenvalue weighted by Gasteiger charge is -2.47. The largest absolute Gasteiger partial charge is 0.481 e. The second kappa shape index (κ2) is 11.1. The van der Waals surface area contributed by atoms with Crippen molar-refractivity contribution in [2.24, 2.45) is 16.7 Å². The van der Waals surface area contributed by atoms with E-state index in [1.807, 2.05) is 20.8 Å². The second-order valence-electron chi connectivity index (χ2n) is 12.0. The molecule has 1 aliphatic rings. The summed E-state index contributed by atoms with van der Waals surface area (Å²) < 4.78 is 69.8. The molecule has 202 valence electrons. The first-order valence-corrected chi connectivity index (χ1v) is 12.4. The third-order valence-electron chi connectivity index (χ3n) is 6.38. The zero-order valence-corrected chi connectivity index (χ0v) is 22.0. The minimum Gasteiger partial charge on any atom is -0.481 e. The molecule has 8 heteroatoms. The van der Waals surface area contributed by atoms with Crippen LogP contribution in [0, 0.1) is 28.6 Å². The Morgan fingerprint density at radius 2 is 1.69 bits per heavy atom. The molecule has 3 atom stereocenters. The van der Waals surface area contributed by atoms with Crippen molar-refractivity contribution < 1.29 is 31.9 Å². The Kier molecular flexibility index (Phi) is 9.26. The molecule has 0 spiro atoms. The lowest BCUT2D eigenvalue weighted by Crippen LogP contribution is -2.53. The fourth-order valence-corrected chi connectivity index (χ4v) is 4.60. The van der Waals surface area contributed by atoms with Gasteiger partial charge < -0.3 is 5.11 Å². The zero-order valence-electron chi connectivity index (χ0n) is 22.0. The molecule has 0 aliphatic carbocycles. The van der Waals surface area contributed by atoms with Gasteiger partial charge in [0.2, 0.25) is 0 Å². The Morgan fingerprint density at radius 3 is 2.17 bits per heavy atom. The van der Waals surface area contributed by atoms with E-state index in [0.29, 0.717) is 6.42 Å². The predicted molar refractivity (Wildman–Crippen MR) is 131 cm³/mol. The molecule has 1 fully saturated rings. The number of aliphatic carboxylic acids is 1. The second-order valence-corrected chi connectivity index (χ2v) is 12.0. The first-order chi connectivity index (χ1) is 16.3. The monoisotopic (exact) mass is 515 g/mol. The van der Waals surface area contributed by atoms with Crippen LogP contribution in [0.5, 0.6) is 0 Å². The van der Waals surface area contributed by atoms with Gasteiger partial charge in [-0.3, -0.25) is 9.69 Å². The lowest BCUT2D eigenvalue weighted by molar-refractivity contribution is -0.160. The number of halogens is 5. The summed E-state index contributed by atoms with van der Waals surface area (Å²) in [7, 11) is 0. The number of benzene rings is 1. The molecule has 0 amide bonds. The predicted octanol–water partition coefficient (Wildman–Crippen LogP) is 7.81. The summed E-state index contributed by atoms with van der Waals surface area (Å²) in [6, 6.07) is 2.61. The van der Waals surface area contributed by atoms with Crippen molar-refractivity contribution in [3.05, 3.63) is 35.4 Å². The SMILES string of the molecule is CC(C)(C)C#C[C@H](CCCC(C)(C)C)N1CCC(F)(F)[C@H](CC(=O)O)[C@H]1c1ccc(C(F)(F)F)cc1. The fraction of sp³-hybridized carbons (Fsp3) is 0.679. The lowest BCUT2D eigenvalue weighted by atomic mass is 9.78. The minimum absolute atomic E-state index is 0.0339. The number of rotatable bonds is 7. The Hall–Kier alpha value is -2.14. The number of nitrogens with zero attached hydrogens (tertiary/aromatic N) is 1. The van der Waals surface area contributed by atoms with Crippen molar-refractivity contribution >= 4 is 5.97 Å². The number of likely N-dealkylation sites (tertiary alicyclic amines) is 1. The fourth-order valence-electron chi connectivity index (χ4n) is 4.60. The van der Waals surface area contributed by atoms with Crippen molar-refractivity contribution in [2.75, 3.05) is 6.54 Å². The maximum absolute atomic E-state index is 15.1. The molecule has 0 unspecified atom stereocenters. The van der Waals surface area contributed by atoms with Gasteiger partial charge >= 0.3 is 12.1 Å². The van der Waals surface area contributed by atoms with E-state index in [0.717, 1.165) is 25.0 Å². The third-order valence-corrected chi connectivity index (χ3v) is 6.38.